The summed E-state index contributed by atoms with van der Waals surface area (Å²) in [5.74, 6) is -0.347. The number of phosphoric acid groups is 1. The van der Waals surface area contributed by atoms with Crippen molar-refractivity contribution in [2.24, 2.45) is 5.16 Å². The van der Waals surface area contributed by atoms with Crippen molar-refractivity contribution >= 4 is 26.0 Å². The number of esters is 2. The molecule has 1 heterocycles. The Hall–Kier alpha value is -2.78. The number of aromatic amines is 1. The smallest absolute Gasteiger partial charge is 0.462 e. The van der Waals surface area contributed by atoms with Gasteiger partial charge in [-0.05, 0) is 12.8 Å². The van der Waals surface area contributed by atoms with Gasteiger partial charge in [0, 0.05) is 25.2 Å². The summed E-state index contributed by atoms with van der Waals surface area (Å²) in [6.45, 7) is 3.33. The van der Waals surface area contributed by atoms with Gasteiger partial charge in [0.15, 0.2) is 11.9 Å². The normalized spacial score (nSPS) is 13.0. The van der Waals surface area contributed by atoms with Crippen LogP contribution in [0.25, 0.3) is 0 Å². The topological polar surface area (TPSA) is 171 Å². The third kappa shape index (κ3) is 34.1. The number of carbonyl (C=O) groups excluding carboxylic acids is 2. The fourth-order valence-electron chi connectivity index (χ4n) is 6.36. The number of H-pyrrole nitrogens is 1. The molecule has 13 nitrogen and oxygen atoms in total. The Morgan fingerprint density at radius 1 is 0.690 bits per heavy atom. The number of carbonyl (C=O) groups is 2. The molecule has 1 unspecified atom stereocenters. The average molecular weight is 839 g/mol. The maximum atomic E-state index is 13.5. The number of rotatable bonds is 43. The molecule has 0 spiro atoms. The number of unbranched alkanes of at least 4 members (excludes halogenated alkanes) is 24. The van der Waals surface area contributed by atoms with E-state index in [0.717, 1.165) is 38.5 Å². The van der Waals surface area contributed by atoms with Crippen LogP contribution in [-0.4, -0.2) is 67.3 Å². The van der Waals surface area contributed by atoms with Gasteiger partial charge >= 0.3 is 19.8 Å². The van der Waals surface area contributed by atoms with Crippen LogP contribution < -0.4 is 0 Å². The summed E-state index contributed by atoms with van der Waals surface area (Å²) in [5.41, 5.74) is 0. The molecule has 0 bridgehead atoms. The second-order valence-electron chi connectivity index (χ2n) is 15.1. The Labute approximate surface area is 351 Å². The maximum Gasteiger partial charge on any atom is 0.475 e. The zero-order valence-corrected chi connectivity index (χ0v) is 37.2. The molecule has 1 N–H and O–H groups in total. The van der Waals surface area contributed by atoms with Gasteiger partial charge in [0.25, 0.3) is 0 Å². The minimum atomic E-state index is -4.22. The van der Waals surface area contributed by atoms with E-state index >= 15 is 0 Å². The molecule has 0 fully saturated rings. The first-order valence-corrected chi connectivity index (χ1v) is 24.3. The van der Waals surface area contributed by atoms with E-state index in [0.29, 0.717) is 12.2 Å². The molecule has 1 rings (SSSR count). The molecule has 58 heavy (non-hydrogen) atoms. The molecule has 0 aliphatic rings. The molecule has 14 heteroatoms. The van der Waals surface area contributed by atoms with Crippen molar-refractivity contribution in [2.45, 2.75) is 206 Å². The molecule has 1 aromatic rings. The number of phosphoric ester groups is 1. The lowest BCUT2D eigenvalue weighted by atomic mass is 10.0. The van der Waals surface area contributed by atoms with Crippen molar-refractivity contribution in [3.63, 3.8) is 0 Å². The summed E-state index contributed by atoms with van der Waals surface area (Å²) in [4.78, 5) is 37.5. The Bertz CT molecular complexity index is 1210. The second-order valence-corrected chi connectivity index (χ2v) is 16.8. The number of hydrogen-bond acceptors (Lipinski definition) is 12. The minimum absolute atomic E-state index is 0.0466. The number of nitrogens with one attached hydrogen (secondary N) is 1. The highest BCUT2D eigenvalue weighted by Gasteiger charge is 2.30. The van der Waals surface area contributed by atoms with Gasteiger partial charge in [-0.15, -0.1) is 0 Å². The summed E-state index contributed by atoms with van der Waals surface area (Å²) in [6, 6.07) is 1.92. The molecule has 334 valence electrons. The summed E-state index contributed by atoms with van der Waals surface area (Å²) < 4.78 is 40.9. The Kier molecular flexibility index (Phi) is 36.4. The molecule has 2 atom stereocenters. The van der Waals surface area contributed by atoms with Crippen molar-refractivity contribution in [3.05, 3.63) is 18.2 Å². The molecule has 0 radical (unpaired) electrons. The monoisotopic (exact) mass is 839 g/mol. The predicted octanol–water partition coefficient (Wildman–Crippen LogP) is 12.2. The van der Waals surface area contributed by atoms with Gasteiger partial charge < -0.3 is 19.3 Å². The molecular weight excluding hydrogens is 759 g/mol. The van der Waals surface area contributed by atoms with Gasteiger partial charge in [-0.2, -0.15) is 5.26 Å². The Morgan fingerprint density at radius 3 is 1.66 bits per heavy atom. The van der Waals surface area contributed by atoms with Crippen LogP contribution in [0.2, 0.25) is 0 Å². The Balaban J connectivity index is 2.52. The Morgan fingerprint density at radius 2 is 1.17 bits per heavy atom. The molecule has 0 aliphatic heterocycles. The van der Waals surface area contributed by atoms with E-state index < -0.39 is 32.5 Å². The molecule has 1 aromatic heterocycles. The largest absolute Gasteiger partial charge is 0.475 e. The molecule has 0 saturated carbocycles. The number of imidazole rings is 1. The van der Waals surface area contributed by atoms with Crippen LogP contribution in [-0.2, 0) is 42.0 Å². The van der Waals surface area contributed by atoms with Gasteiger partial charge in [0.1, 0.15) is 19.4 Å². The lowest BCUT2D eigenvalue weighted by Crippen LogP contribution is -2.29. The highest BCUT2D eigenvalue weighted by atomic mass is 31.2. The van der Waals surface area contributed by atoms with Gasteiger partial charge in [0.05, 0.1) is 32.3 Å². The highest BCUT2D eigenvalue weighted by molar-refractivity contribution is 7.48. The maximum absolute atomic E-state index is 13.5. The van der Waals surface area contributed by atoms with E-state index in [9.17, 15) is 14.2 Å². The number of nitriles is 1. The van der Waals surface area contributed by atoms with E-state index in [4.69, 9.17) is 33.1 Å². The summed E-state index contributed by atoms with van der Waals surface area (Å²) in [5, 5.41) is 12.7. The third-order valence-corrected chi connectivity index (χ3v) is 11.2. The fraction of sp³-hybridized carbons (Fsp3) is 0.841. The number of nitrogens with zero attached hydrogens (tertiary/aromatic N) is 3. The van der Waals surface area contributed by atoms with Crippen LogP contribution in [0, 0.1) is 11.3 Å². The quantitative estimate of drug-likeness (QED) is 0.0218. The zero-order valence-electron chi connectivity index (χ0n) is 36.3. The first-order valence-electron chi connectivity index (χ1n) is 22.8. The average Bonchev–Trinajstić information content (AvgIpc) is 3.74. The molecule has 0 aromatic carbocycles. The SMILES string of the molecule is CCCCCCCCCCCCCCCC(=O)OC[C@H](COP(=O)(OCCC#N)OCCO/N=C/c1ncc[nH]1)OC(=O)CCCCCCCCCCCCCCC. The zero-order chi connectivity index (χ0) is 42.0. The molecule has 0 amide bonds. The molecule has 0 saturated heterocycles. The minimum Gasteiger partial charge on any atom is -0.462 e. The first kappa shape index (κ1) is 53.2. The third-order valence-electron chi connectivity index (χ3n) is 9.77. The van der Waals surface area contributed by atoms with Gasteiger partial charge in [-0.3, -0.25) is 23.2 Å². The lowest BCUT2D eigenvalue weighted by Gasteiger charge is -2.22. The standard InChI is InChI=1S/C44H79N4O9P/c1-3-5-7-9-11-13-15-17-19-21-23-25-27-30-43(49)52-39-41(57-44(50)31-28-26-24-22-20-18-16-14-12-10-8-6-4-2)40-56-58(51,54-35-29-32-45)55-37-36-53-48-38-42-46-33-34-47-42/h33-34,38,41H,3-31,35-37,39-40H2,1-2H3,(H,46,47)/b48-38+/t41-,58?/m1/s1. The fourth-order valence-corrected chi connectivity index (χ4v) is 7.54. The van der Waals surface area contributed by atoms with Gasteiger partial charge in [-0.1, -0.05) is 173 Å². The van der Waals surface area contributed by atoms with E-state index in [1.165, 1.54) is 128 Å². The summed E-state index contributed by atoms with van der Waals surface area (Å²) >= 11 is 0. The van der Waals surface area contributed by atoms with Crippen LogP contribution in [0.3, 0.4) is 0 Å². The van der Waals surface area contributed by atoms with Crippen molar-refractivity contribution in [3.8, 4) is 6.07 Å². The lowest BCUT2D eigenvalue weighted by molar-refractivity contribution is -0.161. The van der Waals surface area contributed by atoms with E-state index in [1.54, 1.807) is 12.4 Å². The van der Waals surface area contributed by atoms with Crippen molar-refractivity contribution in [1.29, 1.82) is 5.26 Å². The van der Waals surface area contributed by atoms with E-state index in [1.807, 2.05) is 6.07 Å². The van der Waals surface area contributed by atoms with E-state index in [2.05, 4.69) is 29.0 Å². The van der Waals surface area contributed by atoms with Crippen molar-refractivity contribution in [1.82, 2.24) is 9.97 Å². The number of aromatic nitrogens is 2. The van der Waals surface area contributed by atoms with Gasteiger partial charge in [0.2, 0.25) is 0 Å². The number of hydrogen-bond donors (Lipinski definition) is 1. The van der Waals surface area contributed by atoms with Crippen molar-refractivity contribution < 1.29 is 42.0 Å². The van der Waals surface area contributed by atoms with Gasteiger partial charge in [-0.25, -0.2) is 9.55 Å². The predicted molar refractivity (Wildman–Crippen MR) is 229 cm³/mol. The van der Waals surface area contributed by atoms with E-state index in [-0.39, 0.29) is 45.7 Å². The van der Waals surface area contributed by atoms with Crippen LogP contribution in [0.4, 0.5) is 0 Å². The van der Waals surface area contributed by atoms with Crippen LogP contribution in [0.5, 0.6) is 0 Å². The number of ether oxygens (including phenoxy) is 2. The summed E-state index contributed by atoms with van der Waals surface area (Å²) in [6.07, 6.45) is 35.3. The first-order chi connectivity index (χ1) is 28.4. The summed E-state index contributed by atoms with van der Waals surface area (Å²) in [7, 11) is -4.22. The van der Waals surface area contributed by atoms with Crippen LogP contribution in [0.15, 0.2) is 17.5 Å². The second kappa shape index (κ2) is 39.7. The number of oxime groups is 1. The highest BCUT2D eigenvalue weighted by Crippen LogP contribution is 2.49. The van der Waals surface area contributed by atoms with Crippen LogP contribution in [0.1, 0.15) is 206 Å². The molecular formula is C44H79N4O9P. The van der Waals surface area contributed by atoms with Crippen molar-refractivity contribution in [2.75, 3.05) is 33.0 Å². The van der Waals surface area contributed by atoms with Crippen LogP contribution >= 0.6 is 7.82 Å². The molecule has 0 aliphatic carbocycles.